The maximum absolute atomic E-state index is 12.5. The number of nitrogens with zero attached hydrogens (tertiary/aromatic N) is 2. The van der Waals surface area contributed by atoms with Crippen LogP contribution in [0.25, 0.3) is 0 Å². The van der Waals surface area contributed by atoms with Gasteiger partial charge >= 0.3 is 0 Å². The molecule has 2 atom stereocenters. The molecule has 1 aliphatic rings. The quantitative estimate of drug-likeness (QED) is 0.681. The largest absolute Gasteiger partial charge is 0.372 e. The number of rotatable bonds is 8. The Hall–Kier alpha value is -0.400. The monoisotopic (exact) mass is 425 g/mol. The van der Waals surface area contributed by atoms with Gasteiger partial charge in [0.15, 0.2) is 0 Å². The van der Waals surface area contributed by atoms with Crippen molar-refractivity contribution in [2.24, 2.45) is 11.8 Å². The predicted molar refractivity (Wildman–Crippen MR) is 112 cm³/mol. The summed E-state index contributed by atoms with van der Waals surface area (Å²) in [5, 5.41) is 6.40. The van der Waals surface area contributed by atoms with Crippen LogP contribution in [0.5, 0.6) is 0 Å². The van der Waals surface area contributed by atoms with E-state index in [0.29, 0.717) is 31.4 Å². The number of halogens is 2. The van der Waals surface area contributed by atoms with E-state index in [4.69, 9.17) is 4.74 Å². The summed E-state index contributed by atoms with van der Waals surface area (Å²) in [6.07, 6.45) is 3.02. The van der Waals surface area contributed by atoms with Crippen molar-refractivity contribution < 1.29 is 9.53 Å². The van der Waals surface area contributed by atoms with E-state index in [1.54, 1.807) is 11.3 Å². The summed E-state index contributed by atoms with van der Waals surface area (Å²) < 4.78 is 5.58. The molecule has 1 amide bonds. The SMILES string of the molecule is CCOC(C)c1nc(CN(C)C(=O)CC(C)C2CCNCC2)cs1.Cl.Cl. The highest BCUT2D eigenvalue weighted by molar-refractivity contribution is 7.09. The summed E-state index contributed by atoms with van der Waals surface area (Å²) in [6, 6.07) is 0. The number of hydrogen-bond acceptors (Lipinski definition) is 5. The molecular formula is C18H33Cl2N3O2S. The van der Waals surface area contributed by atoms with E-state index < -0.39 is 0 Å². The third-order valence-electron chi connectivity index (χ3n) is 4.84. The Morgan fingerprint density at radius 1 is 1.38 bits per heavy atom. The molecule has 8 heteroatoms. The predicted octanol–water partition coefficient (Wildman–Crippen LogP) is 4.07. The maximum atomic E-state index is 12.5. The molecule has 0 spiro atoms. The van der Waals surface area contributed by atoms with Crippen LogP contribution >= 0.6 is 36.2 Å². The third kappa shape index (κ3) is 7.69. The molecule has 0 aliphatic carbocycles. The molecular weight excluding hydrogens is 393 g/mol. The minimum Gasteiger partial charge on any atom is -0.372 e. The van der Waals surface area contributed by atoms with Crippen molar-refractivity contribution >= 4 is 42.1 Å². The molecule has 1 aromatic rings. The lowest BCUT2D eigenvalue weighted by Gasteiger charge is -2.29. The van der Waals surface area contributed by atoms with Crippen molar-refractivity contribution in [3.63, 3.8) is 0 Å². The number of carbonyl (C=O) groups is 1. The Morgan fingerprint density at radius 3 is 2.65 bits per heavy atom. The molecule has 0 aromatic carbocycles. The third-order valence-corrected chi connectivity index (χ3v) is 5.90. The fourth-order valence-electron chi connectivity index (χ4n) is 3.25. The van der Waals surface area contributed by atoms with Crippen LogP contribution < -0.4 is 5.32 Å². The van der Waals surface area contributed by atoms with E-state index >= 15 is 0 Å². The van der Waals surface area contributed by atoms with Gasteiger partial charge in [0.05, 0.1) is 12.2 Å². The molecule has 5 nitrogen and oxygen atoms in total. The van der Waals surface area contributed by atoms with Gasteiger partial charge in [0, 0.05) is 25.5 Å². The summed E-state index contributed by atoms with van der Waals surface area (Å²) in [7, 11) is 1.88. The Labute approximate surface area is 174 Å². The summed E-state index contributed by atoms with van der Waals surface area (Å²) in [6.45, 7) is 9.64. The summed E-state index contributed by atoms with van der Waals surface area (Å²) in [5.74, 6) is 1.33. The van der Waals surface area contributed by atoms with Crippen LogP contribution in [0.2, 0.25) is 0 Å². The van der Waals surface area contributed by atoms with Gasteiger partial charge in [-0.2, -0.15) is 0 Å². The highest BCUT2D eigenvalue weighted by Gasteiger charge is 2.23. The van der Waals surface area contributed by atoms with Gasteiger partial charge in [-0.25, -0.2) is 4.98 Å². The first-order chi connectivity index (χ1) is 11.5. The Bertz CT molecular complexity index is 524. The molecule has 152 valence electrons. The molecule has 1 aromatic heterocycles. The minimum absolute atomic E-state index is 0. The molecule has 2 unspecified atom stereocenters. The molecule has 0 radical (unpaired) electrons. The van der Waals surface area contributed by atoms with Crippen LogP contribution in [0.4, 0.5) is 0 Å². The van der Waals surface area contributed by atoms with Gasteiger partial charge in [0.1, 0.15) is 11.1 Å². The van der Waals surface area contributed by atoms with E-state index in [-0.39, 0.29) is 36.8 Å². The lowest BCUT2D eigenvalue weighted by molar-refractivity contribution is -0.131. The zero-order valence-electron chi connectivity index (χ0n) is 16.2. The Balaban J connectivity index is 0.00000312. The van der Waals surface area contributed by atoms with Gasteiger partial charge < -0.3 is 15.0 Å². The number of piperidine rings is 1. The molecule has 1 N–H and O–H groups in total. The van der Waals surface area contributed by atoms with Crippen LogP contribution in [-0.2, 0) is 16.1 Å². The second-order valence-corrected chi connectivity index (χ2v) is 7.68. The fourth-order valence-corrected chi connectivity index (χ4v) is 4.06. The number of hydrogen-bond donors (Lipinski definition) is 1. The zero-order chi connectivity index (χ0) is 17.5. The van der Waals surface area contributed by atoms with Crippen molar-refractivity contribution in [1.82, 2.24) is 15.2 Å². The number of amides is 1. The summed E-state index contributed by atoms with van der Waals surface area (Å²) >= 11 is 1.61. The molecule has 2 heterocycles. The Morgan fingerprint density at radius 2 is 2.04 bits per heavy atom. The van der Waals surface area contributed by atoms with E-state index in [2.05, 4.69) is 17.2 Å². The molecule has 2 rings (SSSR count). The van der Waals surface area contributed by atoms with Crippen LogP contribution in [0.3, 0.4) is 0 Å². The van der Waals surface area contributed by atoms with Gasteiger partial charge in [0.25, 0.3) is 0 Å². The molecule has 26 heavy (non-hydrogen) atoms. The number of nitrogens with one attached hydrogen (secondary N) is 1. The molecule has 1 saturated heterocycles. The standard InChI is InChI=1S/C18H31N3O2S.2ClH/c1-5-23-14(3)18-20-16(12-24-18)11-21(4)17(22)10-13(2)15-6-8-19-9-7-15;;/h12-15,19H,5-11H2,1-4H3;2*1H. The average Bonchev–Trinajstić information content (AvgIpc) is 3.04. The van der Waals surface area contributed by atoms with Crippen molar-refractivity contribution in [1.29, 1.82) is 0 Å². The molecule has 1 aliphatic heterocycles. The number of ether oxygens (including phenoxy) is 1. The van der Waals surface area contributed by atoms with Crippen LogP contribution in [-0.4, -0.2) is 42.5 Å². The highest BCUT2D eigenvalue weighted by Crippen LogP contribution is 2.25. The zero-order valence-corrected chi connectivity index (χ0v) is 18.6. The number of aromatic nitrogens is 1. The van der Waals surface area contributed by atoms with Crippen LogP contribution in [0, 0.1) is 11.8 Å². The van der Waals surface area contributed by atoms with Gasteiger partial charge in [-0.15, -0.1) is 36.2 Å². The van der Waals surface area contributed by atoms with Gasteiger partial charge in [-0.1, -0.05) is 6.92 Å². The summed E-state index contributed by atoms with van der Waals surface area (Å²) in [5.41, 5.74) is 0.951. The van der Waals surface area contributed by atoms with Gasteiger partial charge in [0.2, 0.25) is 5.91 Å². The van der Waals surface area contributed by atoms with Gasteiger partial charge in [-0.3, -0.25) is 4.79 Å². The second-order valence-electron chi connectivity index (χ2n) is 6.79. The van der Waals surface area contributed by atoms with Crippen LogP contribution in [0.15, 0.2) is 5.38 Å². The molecule has 0 saturated carbocycles. The van der Waals surface area contributed by atoms with Crippen molar-refractivity contribution in [3.8, 4) is 0 Å². The van der Waals surface area contributed by atoms with E-state index in [1.807, 2.05) is 31.2 Å². The maximum Gasteiger partial charge on any atom is 0.222 e. The lowest BCUT2D eigenvalue weighted by Crippen LogP contribution is -2.34. The molecule has 0 bridgehead atoms. The lowest BCUT2D eigenvalue weighted by atomic mass is 9.84. The highest BCUT2D eigenvalue weighted by atomic mass is 35.5. The minimum atomic E-state index is 0. The second kappa shape index (κ2) is 12.9. The number of thiazole rings is 1. The normalized spacial score (nSPS) is 16.9. The first-order valence-electron chi connectivity index (χ1n) is 9.01. The van der Waals surface area contributed by atoms with E-state index in [0.717, 1.165) is 23.8 Å². The van der Waals surface area contributed by atoms with Crippen molar-refractivity contribution in [3.05, 3.63) is 16.1 Å². The Kier molecular flexibility index (Phi) is 12.7. The van der Waals surface area contributed by atoms with Crippen molar-refractivity contribution in [2.45, 2.75) is 52.7 Å². The smallest absolute Gasteiger partial charge is 0.222 e. The van der Waals surface area contributed by atoms with Crippen molar-refractivity contribution in [2.75, 3.05) is 26.7 Å². The van der Waals surface area contributed by atoms with Crippen LogP contribution in [0.1, 0.15) is 56.8 Å². The number of carbonyl (C=O) groups excluding carboxylic acids is 1. The first kappa shape index (κ1) is 25.6. The van der Waals surface area contributed by atoms with Gasteiger partial charge in [-0.05, 0) is 51.6 Å². The molecule has 1 fully saturated rings. The average molecular weight is 426 g/mol. The van der Waals surface area contributed by atoms with E-state index in [1.165, 1.54) is 12.8 Å². The topological polar surface area (TPSA) is 54.5 Å². The fraction of sp³-hybridized carbons (Fsp3) is 0.778. The summed E-state index contributed by atoms with van der Waals surface area (Å²) in [4.78, 5) is 18.9. The first-order valence-corrected chi connectivity index (χ1v) is 9.89. The van der Waals surface area contributed by atoms with E-state index in [9.17, 15) is 4.79 Å².